The average Bonchev–Trinajstić information content (AvgIpc) is 2.60. The molecule has 1 fully saturated rings. The first-order chi connectivity index (χ1) is 12.4. The minimum atomic E-state index is -3.87. The predicted molar refractivity (Wildman–Crippen MR) is 95.0 cm³/mol. The fraction of sp³-hybridized carbons (Fsp3) is 0.412. The van der Waals surface area contributed by atoms with Gasteiger partial charge in [0.05, 0.1) is 24.3 Å². The van der Waals surface area contributed by atoms with Crippen LogP contribution in [-0.4, -0.2) is 51.3 Å². The number of hydrogen-bond donors (Lipinski definition) is 2. The second kappa shape index (κ2) is 7.67. The minimum absolute atomic E-state index is 0.104. The number of amides is 1. The summed E-state index contributed by atoms with van der Waals surface area (Å²) in [6.07, 6.45) is 1.53. The first kappa shape index (κ1) is 18.7. The molecule has 3 N–H and O–H groups in total. The van der Waals surface area contributed by atoms with Gasteiger partial charge in [-0.1, -0.05) is 6.07 Å². The van der Waals surface area contributed by atoms with Crippen molar-refractivity contribution >= 4 is 26.8 Å². The fourth-order valence-electron chi connectivity index (χ4n) is 2.99. The third-order valence-corrected chi connectivity index (χ3v) is 5.65. The van der Waals surface area contributed by atoms with Crippen LogP contribution in [0.2, 0.25) is 0 Å². The second-order valence-electron chi connectivity index (χ2n) is 6.25. The van der Waals surface area contributed by atoms with Crippen LogP contribution >= 0.6 is 0 Å². The summed E-state index contributed by atoms with van der Waals surface area (Å²) < 4.78 is 39.5. The number of sulfonamides is 1. The summed E-state index contributed by atoms with van der Waals surface area (Å²) in [6.45, 7) is 2.14. The molecule has 0 aliphatic carbocycles. The lowest BCUT2D eigenvalue weighted by atomic mass is 10.1. The molecular weight excluding hydrogens is 358 g/mol. The lowest BCUT2D eigenvalue weighted by Crippen LogP contribution is -2.51. The monoisotopic (exact) mass is 379 g/mol. The van der Waals surface area contributed by atoms with Gasteiger partial charge >= 0.3 is 0 Å². The van der Waals surface area contributed by atoms with E-state index in [0.717, 1.165) is 10.9 Å². The topological polar surface area (TPSA) is 121 Å². The van der Waals surface area contributed by atoms with Crippen LogP contribution in [0, 0.1) is 6.92 Å². The number of hydrogen-bond acceptors (Lipinski definition) is 6. The third kappa shape index (κ3) is 4.18. The molecule has 0 saturated carbocycles. The van der Waals surface area contributed by atoms with Gasteiger partial charge in [0.2, 0.25) is 15.9 Å². The van der Waals surface area contributed by atoms with Gasteiger partial charge in [0.25, 0.3) is 0 Å². The maximum atomic E-state index is 13.0. The number of pyridine rings is 1. The molecule has 1 aromatic heterocycles. The Bertz CT molecular complexity index is 916. The standard InChI is InChI=1S/C17H21N3O5S/c1-11-7-12-3-2-5-19-17(12)15(8-11)26(22,23)20-13-9-24-6-4-14(13)25-10-16(18)21/h2-3,5,7-8,13-14,20H,4,6,9-10H2,1H3,(H2,18,21)/t13-,14+/m1/s1. The summed E-state index contributed by atoms with van der Waals surface area (Å²) in [5, 5.41) is 0.745. The molecule has 0 radical (unpaired) electrons. The van der Waals surface area contributed by atoms with Gasteiger partial charge in [-0.2, -0.15) is 0 Å². The molecule has 9 heteroatoms. The van der Waals surface area contributed by atoms with Gasteiger partial charge < -0.3 is 15.2 Å². The Kier molecular flexibility index (Phi) is 5.52. The van der Waals surface area contributed by atoms with Crippen LogP contribution in [0.15, 0.2) is 35.4 Å². The molecule has 2 atom stereocenters. The smallest absolute Gasteiger partial charge is 0.243 e. The lowest BCUT2D eigenvalue weighted by molar-refractivity contribution is -0.127. The molecule has 1 saturated heterocycles. The highest BCUT2D eigenvalue weighted by atomic mass is 32.2. The molecule has 8 nitrogen and oxygen atoms in total. The molecule has 0 unspecified atom stereocenters. The summed E-state index contributed by atoms with van der Waals surface area (Å²) in [6, 6.07) is 6.42. The zero-order chi connectivity index (χ0) is 18.7. The molecule has 3 rings (SSSR count). The molecule has 1 aliphatic heterocycles. The number of fused-ring (bicyclic) bond motifs is 1. The molecule has 1 amide bonds. The van der Waals surface area contributed by atoms with Crippen LogP contribution in [-0.2, 0) is 24.3 Å². The number of primary amides is 1. The van der Waals surface area contributed by atoms with E-state index < -0.39 is 28.1 Å². The van der Waals surface area contributed by atoms with Crippen molar-refractivity contribution in [3.8, 4) is 0 Å². The van der Waals surface area contributed by atoms with Gasteiger partial charge in [-0.25, -0.2) is 13.1 Å². The van der Waals surface area contributed by atoms with E-state index in [1.807, 2.05) is 19.1 Å². The summed E-state index contributed by atoms with van der Waals surface area (Å²) in [5.41, 5.74) is 6.32. The summed E-state index contributed by atoms with van der Waals surface area (Å²) >= 11 is 0. The normalized spacial score (nSPS) is 21.0. The highest BCUT2D eigenvalue weighted by Gasteiger charge is 2.32. The van der Waals surface area contributed by atoms with Gasteiger partial charge in [-0.15, -0.1) is 0 Å². The van der Waals surface area contributed by atoms with Crippen molar-refractivity contribution in [1.82, 2.24) is 9.71 Å². The van der Waals surface area contributed by atoms with E-state index in [1.165, 1.54) is 0 Å². The summed E-state index contributed by atoms with van der Waals surface area (Å²) in [7, 11) is -3.87. The maximum Gasteiger partial charge on any atom is 0.243 e. The molecule has 1 aromatic carbocycles. The average molecular weight is 379 g/mol. The first-order valence-electron chi connectivity index (χ1n) is 8.22. The molecule has 1 aliphatic rings. The van der Waals surface area contributed by atoms with Crippen LogP contribution in [0.25, 0.3) is 10.9 Å². The fourth-order valence-corrected chi connectivity index (χ4v) is 4.50. The number of carbonyl (C=O) groups excluding carboxylic acids is 1. The van der Waals surface area contributed by atoms with Crippen molar-refractivity contribution in [3.63, 3.8) is 0 Å². The number of nitrogens with one attached hydrogen (secondary N) is 1. The van der Waals surface area contributed by atoms with E-state index in [9.17, 15) is 13.2 Å². The van der Waals surface area contributed by atoms with E-state index in [0.29, 0.717) is 18.5 Å². The van der Waals surface area contributed by atoms with E-state index >= 15 is 0 Å². The zero-order valence-electron chi connectivity index (χ0n) is 14.3. The zero-order valence-corrected chi connectivity index (χ0v) is 15.2. The number of aromatic nitrogens is 1. The van der Waals surface area contributed by atoms with Crippen molar-refractivity contribution in [2.24, 2.45) is 5.73 Å². The molecule has 2 aromatic rings. The van der Waals surface area contributed by atoms with Crippen LogP contribution in [0.1, 0.15) is 12.0 Å². The Morgan fingerprint density at radius 2 is 2.27 bits per heavy atom. The van der Waals surface area contributed by atoms with E-state index in [4.69, 9.17) is 15.2 Å². The molecular formula is C17H21N3O5S. The minimum Gasteiger partial charge on any atom is -0.380 e. The van der Waals surface area contributed by atoms with Gasteiger partial charge in [-0.3, -0.25) is 9.78 Å². The summed E-state index contributed by atoms with van der Waals surface area (Å²) in [4.78, 5) is 15.3. The predicted octanol–water partition coefficient (Wildman–Crippen LogP) is 0.481. The van der Waals surface area contributed by atoms with Crippen LogP contribution < -0.4 is 10.5 Å². The Morgan fingerprint density at radius 3 is 3.04 bits per heavy atom. The van der Waals surface area contributed by atoms with E-state index in [-0.39, 0.29) is 18.1 Å². The maximum absolute atomic E-state index is 13.0. The van der Waals surface area contributed by atoms with Gasteiger partial charge in [0.15, 0.2) is 0 Å². The molecule has 2 heterocycles. The Labute approximate surface area is 151 Å². The third-order valence-electron chi connectivity index (χ3n) is 4.14. The number of rotatable bonds is 6. The molecule has 140 valence electrons. The van der Waals surface area contributed by atoms with Crippen molar-refractivity contribution in [1.29, 1.82) is 0 Å². The van der Waals surface area contributed by atoms with Gasteiger partial charge in [0, 0.05) is 18.2 Å². The van der Waals surface area contributed by atoms with Crippen molar-refractivity contribution in [2.45, 2.75) is 30.4 Å². The Balaban J connectivity index is 1.89. The summed E-state index contributed by atoms with van der Waals surface area (Å²) in [5.74, 6) is -0.605. The van der Waals surface area contributed by atoms with E-state index in [2.05, 4.69) is 9.71 Å². The number of nitrogens with two attached hydrogens (primary N) is 1. The SMILES string of the molecule is Cc1cc(S(=O)(=O)N[C@@H]2COCC[C@@H]2OCC(N)=O)c2ncccc2c1. The number of aryl methyl sites for hydroxylation is 1. The van der Waals surface area contributed by atoms with Gasteiger partial charge in [0.1, 0.15) is 11.5 Å². The van der Waals surface area contributed by atoms with Crippen LogP contribution in [0.3, 0.4) is 0 Å². The Morgan fingerprint density at radius 1 is 1.46 bits per heavy atom. The number of benzene rings is 1. The molecule has 0 spiro atoms. The highest BCUT2D eigenvalue weighted by Crippen LogP contribution is 2.24. The second-order valence-corrected chi connectivity index (χ2v) is 7.93. The lowest BCUT2D eigenvalue weighted by Gasteiger charge is -2.31. The van der Waals surface area contributed by atoms with Crippen LogP contribution in [0.5, 0.6) is 0 Å². The Hall–Kier alpha value is -2.07. The number of nitrogens with zero attached hydrogens (tertiary/aromatic N) is 1. The molecule has 26 heavy (non-hydrogen) atoms. The van der Waals surface area contributed by atoms with Crippen molar-refractivity contribution < 1.29 is 22.7 Å². The highest BCUT2D eigenvalue weighted by molar-refractivity contribution is 7.89. The van der Waals surface area contributed by atoms with Crippen molar-refractivity contribution in [2.75, 3.05) is 19.8 Å². The number of carbonyl (C=O) groups is 1. The first-order valence-corrected chi connectivity index (χ1v) is 9.70. The van der Waals surface area contributed by atoms with Gasteiger partial charge in [-0.05, 0) is 37.1 Å². The van der Waals surface area contributed by atoms with Crippen LogP contribution in [0.4, 0.5) is 0 Å². The van der Waals surface area contributed by atoms with Crippen molar-refractivity contribution in [3.05, 3.63) is 36.0 Å². The quantitative estimate of drug-likeness (QED) is 0.753. The molecule has 0 bridgehead atoms. The number of ether oxygens (including phenoxy) is 2. The van der Waals surface area contributed by atoms with E-state index in [1.54, 1.807) is 18.3 Å². The largest absolute Gasteiger partial charge is 0.380 e.